The SMILES string of the molecule is CC1(C)CCCC1Nc1cc([N+](=O)[O-])ccc1F. The Labute approximate surface area is 105 Å². The van der Waals surface area contributed by atoms with Crippen molar-refractivity contribution < 1.29 is 9.31 Å². The molecule has 0 spiro atoms. The zero-order chi connectivity index (χ0) is 13.3. The number of nitro benzene ring substituents is 1. The van der Waals surface area contributed by atoms with Crippen LogP contribution in [0.4, 0.5) is 15.8 Å². The Morgan fingerprint density at radius 3 is 2.78 bits per heavy atom. The van der Waals surface area contributed by atoms with Crippen molar-refractivity contribution in [2.45, 2.75) is 39.2 Å². The summed E-state index contributed by atoms with van der Waals surface area (Å²) in [6.45, 7) is 4.26. The van der Waals surface area contributed by atoms with E-state index in [1.165, 1.54) is 12.1 Å². The summed E-state index contributed by atoms with van der Waals surface area (Å²) in [7, 11) is 0. The fraction of sp³-hybridized carbons (Fsp3) is 0.538. The zero-order valence-electron chi connectivity index (χ0n) is 10.6. The molecule has 1 aromatic rings. The number of anilines is 1. The van der Waals surface area contributed by atoms with Gasteiger partial charge in [0.1, 0.15) is 5.82 Å². The van der Waals surface area contributed by atoms with Crippen LogP contribution in [0.2, 0.25) is 0 Å². The van der Waals surface area contributed by atoms with Gasteiger partial charge in [0.2, 0.25) is 0 Å². The Bertz CT molecular complexity index is 474. The van der Waals surface area contributed by atoms with Gasteiger partial charge in [-0.15, -0.1) is 0 Å². The van der Waals surface area contributed by atoms with Gasteiger partial charge in [-0.3, -0.25) is 10.1 Å². The van der Waals surface area contributed by atoms with Gasteiger partial charge >= 0.3 is 0 Å². The van der Waals surface area contributed by atoms with Gasteiger partial charge in [0.05, 0.1) is 10.6 Å². The molecule has 98 valence electrons. The van der Waals surface area contributed by atoms with Crippen LogP contribution in [-0.2, 0) is 0 Å². The monoisotopic (exact) mass is 252 g/mol. The van der Waals surface area contributed by atoms with E-state index in [-0.39, 0.29) is 22.8 Å². The van der Waals surface area contributed by atoms with Crippen LogP contribution in [0.15, 0.2) is 18.2 Å². The predicted octanol–water partition coefficient (Wildman–Crippen LogP) is 3.72. The summed E-state index contributed by atoms with van der Waals surface area (Å²) in [5.74, 6) is -0.441. The molecule has 4 nitrogen and oxygen atoms in total. The highest BCUT2D eigenvalue weighted by molar-refractivity contribution is 5.53. The molecule has 0 radical (unpaired) electrons. The Balaban J connectivity index is 2.23. The summed E-state index contributed by atoms with van der Waals surface area (Å²) in [4.78, 5) is 10.2. The van der Waals surface area contributed by atoms with Crippen molar-refractivity contribution in [1.82, 2.24) is 0 Å². The molecule has 1 N–H and O–H groups in total. The summed E-state index contributed by atoms with van der Waals surface area (Å²) < 4.78 is 13.7. The number of hydrogen-bond donors (Lipinski definition) is 1. The largest absolute Gasteiger partial charge is 0.379 e. The highest BCUT2D eigenvalue weighted by Crippen LogP contribution is 2.39. The number of hydrogen-bond acceptors (Lipinski definition) is 3. The molecule has 2 rings (SSSR count). The number of benzene rings is 1. The molecule has 0 saturated heterocycles. The van der Waals surface area contributed by atoms with E-state index in [4.69, 9.17) is 0 Å². The number of rotatable bonds is 3. The lowest BCUT2D eigenvalue weighted by atomic mass is 9.87. The number of nitro groups is 1. The molecule has 0 bridgehead atoms. The zero-order valence-corrected chi connectivity index (χ0v) is 10.6. The average Bonchev–Trinajstić information content (AvgIpc) is 2.61. The molecule has 0 heterocycles. The van der Waals surface area contributed by atoms with E-state index >= 15 is 0 Å². The van der Waals surface area contributed by atoms with E-state index in [1.54, 1.807) is 0 Å². The van der Waals surface area contributed by atoms with Crippen molar-refractivity contribution in [3.8, 4) is 0 Å². The highest BCUT2D eigenvalue weighted by Gasteiger charge is 2.34. The van der Waals surface area contributed by atoms with Gasteiger partial charge in [0.25, 0.3) is 5.69 Å². The molecule has 5 heteroatoms. The minimum absolute atomic E-state index is 0.0882. The lowest BCUT2D eigenvalue weighted by Gasteiger charge is -2.28. The number of nitrogens with one attached hydrogen (secondary N) is 1. The maximum Gasteiger partial charge on any atom is 0.271 e. The normalized spacial score (nSPS) is 21.8. The van der Waals surface area contributed by atoms with Gasteiger partial charge in [-0.25, -0.2) is 4.39 Å². The maximum absolute atomic E-state index is 13.7. The van der Waals surface area contributed by atoms with Crippen LogP contribution in [0.5, 0.6) is 0 Å². The standard InChI is InChI=1S/C13H17FN2O2/c1-13(2)7-3-4-12(13)15-11-8-9(16(17)18)5-6-10(11)14/h5-6,8,12,15H,3-4,7H2,1-2H3. The van der Waals surface area contributed by atoms with Crippen LogP contribution < -0.4 is 5.32 Å². The van der Waals surface area contributed by atoms with E-state index in [0.717, 1.165) is 25.3 Å². The van der Waals surface area contributed by atoms with Crippen LogP contribution in [0.1, 0.15) is 33.1 Å². The van der Waals surface area contributed by atoms with Gasteiger partial charge in [0.15, 0.2) is 0 Å². The second kappa shape index (κ2) is 4.55. The van der Waals surface area contributed by atoms with Crippen molar-refractivity contribution in [3.05, 3.63) is 34.1 Å². The molecule has 18 heavy (non-hydrogen) atoms. The first-order chi connectivity index (χ1) is 8.40. The lowest BCUT2D eigenvalue weighted by Crippen LogP contribution is -2.31. The topological polar surface area (TPSA) is 55.2 Å². The second-order valence-electron chi connectivity index (χ2n) is 5.50. The molecule has 1 aliphatic rings. The molecule has 1 aliphatic carbocycles. The van der Waals surface area contributed by atoms with Crippen LogP contribution in [0, 0.1) is 21.3 Å². The van der Waals surface area contributed by atoms with Gasteiger partial charge in [-0.05, 0) is 24.3 Å². The van der Waals surface area contributed by atoms with Gasteiger partial charge < -0.3 is 5.32 Å². The third kappa shape index (κ3) is 2.44. The third-order valence-corrected chi connectivity index (χ3v) is 3.75. The van der Waals surface area contributed by atoms with Gasteiger partial charge in [-0.1, -0.05) is 20.3 Å². The van der Waals surface area contributed by atoms with Crippen LogP contribution in [-0.4, -0.2) is 11.0 Å². The molecular weight excluding hydrogens is 235 g/mol. The summed E-state index contributed by atoms with van der Waals surface area (Å²) in [5.41, 5.74) is 0.232. The Hall–Kier alpha value is -1.65. The minimum Gasteiger partial charge on any atom is -0.379 e. The van der Waals surface area contributed by atoms with Crippen molar-refractivity contribution in [2.24, 2.45) is 5.41 Å². The van der Waals surface area contributed by atoms with Crippen molar-refractivity contribution in [2.75, 3.05) is 5.32 Å². The minimum atomic E-state index is -0.510. The molecule has 1 aromatic carbocycles. The van der Waals surface area contributed by atoms with Gasteiger partial charge in [0, 0.05) is 18.2 Å². The summed E-state index contributed by atoms with van der Waals surface area (Å²) in [5, 5.41) is 13.8. The molecule has 1 unspecified atom stereocenters. The first-order valence-electron chi connectivity index (χ1n) is 6.10. The van der Waals surface area contributed by atoms with Crippen LogP contribution in [0.3, 0.4) is 0 Å². The molecular formula is C13H17FN2O2. The first kappa shape index (κ1) is 12.8. The lowest BCUT2D eigenvalue weighted by molar-refractivity contribution is -0.384. The highest BCUT2D eigenvalue weighted by atomic mass is 19.1. The fourth-order valence-electron chi connectivity index (χ4n) is 2.52. The van der Waals surface area contributed by atoms with E-state index in [1.807, 2.05) is 0 Å². The fourth-order valence-corrected chi connectivity index (χ4v) is 2.52. The van der Waals surface area contributed by atoms with E-state index in [9.17, 15) is 14.5 Å². The molecule has 1 saturated carbocycles. The smallest absolute Gasteiger partial charge is 0.271 e. The molecule has 0 aromatic heterocycles. The summed E-state index contributed by atoms with van der Waals surface area (Å²) >= 11 is 0. The van der Waals surface area contributed by atoms with Crippen molar-refractivity contribution in [3.63, 3.8) is 0 Å². The third-order valence-electron chi connectivity index (χ3n) is 3.75. The van der Waals surface area contributed by atoms with Crippen LogP contribution >= 0.6 is 0 Å². The van der Waals surface area contributed by atoms with Gasteiger partial charge in [-0.2, -0.15) is 0 Å². The molecule has 1 fully saturated rings. The summed E-state index contributed by atoms with van der Waals surface area (Å²) in [6.07, 6.45) is 3.15. The predicted molar refractivity (Wildman–Crippen MR) is 68.1 cm³/mol. The number of non-ortho nitro benzene ring substituents is 1. The molecule has 0 aliphatic heterocycles. The van der Waals surface area contributed by atoms with E-state index < -0.39 is 10.7 Å². The average molecular weight is 252 g/mol. The first-order valence-corrected chi connectivity index (χ1v) is 6.10. The quantitative estimate of drug-likeness (QED) is 0.658. The molecule has 1 atom stereocenters. The summed E-state index contributed by atoms with van der Waals surface area (Å²) in [6, 6.07) is 3.75. The van der Waals surface area contributed by atoms with E-state index in [2.05, 4.69) is 19.2 Å². The Morgan fingerprint density at radius 2 is 2.22 bits per heavy atom. The van der Waals surface area contributed by atoms with E-state index in [0.29, 0.717) is 0 Å². The Morgan fingerprint density at radius 1 is 1.50 bits per heavy atom. The molecule has 0 amide bonds. The second-order valence-corrected chi connectivity index (χ2v) is 5.50. The Kier molecular flexibility index (Phi) is 3.24. The van der Waals surface area contributed by atoms with Crippen molar-refractivity contribution in [1.29, 1.82) is 0 Å². The number of halogens is 1. The number of nitrogens with zero attached hydrogens (tertiary/aromatic N) is 1. The van der Waals surface area contributed by atoms with Crippen LogP contribution in [0.25, 0.3) is 0 Å². The maximum atomic E-state index is 13.7. The van der Waals surface area contributed by atoms with Crippen molar-refractivity contribution >= 4 is 11.4 Å².